The Bertz CT molecular complexity index is 741. The highest BCUT2D eigenvalue weighted by molar-refractivity contribution is 5.95. The summed E-state index contributed by atoms with van der Waals surface area (Å²) in [6, 6.07) is 11.1. The van der Waals surface area contributed by atoms with Gasteiger partial charge >= 0.3 is 5.97 Å². The highest BCUT2D eigenvalue weighted by Gasteiger charge is 2.45. The van der Waals surface area contributed by atoms with Crippen molar-refractivity contribution in [2.75, 3.05) is 19.7 Å². The lowest BCUT2D eigenvalue weighted by Crippen LogP contribution is -2.37. The molecular weight excluding hydrogens is 308 g/mol. The summed E-state index contributed by atoms with van der Waals surface area (Å²) in [5.74, 6) is -1.13. The number of rotatable bonds is 5. The zero-order valence-electron chi connectivity index (χ0n) is 13.3. The number of benzene rings is 1. The number of hydrogen-bond acceptors (Lipinski definition) is 3. The number of carbonyl (C=O) groups excluding carboxylic acids is 1. The standard InChI is InChI=1S/C18H20N2O4/c21-11-7-18(17(23)24)6-10-20(13-18)16(22)14-4-3-5-15(12-14)19-8-1-2-9-19/h1-5,8-9,12,21H,6-7,10-11,13H2,(H,23,24). The van der Waals surface area contributed by atoms with E-state index in [9.17, 15) is 14.7 Å². The number of carboxylic acids is 1. The van der Waals surface area contributed by atoms with Gasteiger partial charge in [-0.1, -0.05) is 6.07 Å². The summed E-state index contributed by atoms with van der Waals surface area (Å²) in [6.45, 7) is 0.325. The van der Waals surface area contributed by atoms with Crippen LogP contribution in [0.15, 0.2) is 48.8 Å². The lowest BCUT2D eigenvalue weighted by Gasteiger charge is -2.24. The van der Waals surface area contributed by atoms with Gasteiger partial charge in [0.1, 0.15) is 0 Å². The lowest BCUT2D eigenvalue weighted by atomic mass is 9.84. The molecule has 3 rings (SSSR count). The van der Waals surface area contributed by atoms with Gasteiger partial charge in [0, 0.05) is 43.3 Å². The molecule has 126 valence electrons. The van der Waals surface area contributed by atoms with Crippen LogP contribution in [0.1, 0.15) is 23.2 Å². The Balaban J connectivity index is 1.80. The molecule has 6 nitrogen and oxygen atoms in total. The van der Waals surface area contributed by atoms with Crippen LogP contribution in [0.4, 0.5) is 0 Å². The van der Waals surface area contributed by atoms with Gasteiger partial charge in [-0.05, 0) is 43.2 Å². The van der Waals surface area contributed by atoms with Gasteiger partial charge in [-0.15, -0.1) is 0 Å². The molecule has 2 aromatic rings. The molecule has 1 unspecified atom stereocenters. The number of aliphatic hydroxyl groups is 1. The third kappa shape index (κ3) is 2.92. The predicted octanol–water partition coefficient (Wildman–Crippen LogP) is 1.78. The number of hydrogen-bond donors (Lipinski definition) is 2. The molecule has 0 radical (unpaired) electrons. The third-order valence-corrected chi connectivity index (χ3v) is 4.68. The van der Waals surface area contributed by atoms with Crippen molar-refractivity contribution < 1.29 is 19.8 Å². The maximum Gasteiger partial charge on any atom is 0.311 e. The molecule has 2 heterocycles. The van der Waals surface area contributed by atoms with E-state index in [4.69, 9.17) is 5.11 Å². The summed E-state index contributed by atoms with van der Waals surface area (Å²) in [7, 11) is 0. The summed E-state index contributed by atoms with van der Waals surface area (Å²) in [4.78, 5) is 25.9. The summed E-state index contributed by atoms with van der Waals surface area (Å²) in [6.07, 6.45) is 4.33. The van der Waals surface area contributed by atoms with E-state index in [1.165, 1.54) is 0 Å². The first kappa shape index (κ1) is 16.3. The number of aliphatic hydroxyl groups excluding tert-OH is 1. The molecule has 1 atom stereocenters. The lowest BCUT2D eigenvalue weighted by molar-refractivity contribution is -0.149. The van der Waals surface area contributed by atoms with Crippen LogP contribution in [0.25, 0.3) is 5.69 Å². The number of carboxylic acid groups (broad SMARTS) is 1. The molecule has 1 aliphatic heterocycles. The summed E-state index contributed by atoms with van der Waals surface area (Å²) in [5.41, 5.74) is 0.374. The van der Waals surface area contributed by atoms with E-state index in [1.807, 2.05) is 41.2 Å². The first-order chi connectivity index (χ1) is 11.6. The largest absolute Gasteiger partial charge is 0.481 e. The Morgan fingerprint density at radius 1 is 1.17 bits per heavy atom. The van der Waals surface area contributed by atoms with Crippen molar-refractivity contribution in [1.82, 2.24) is 9.47 Å². The molecule has 1 fully saturated rings. The van der Waals surface area contributed by atoms with Crippen LogP contribution in [-0.2, 0) is 4.79 Å². The van der Waals surface area contributed by atoms with Crippen LogP contribution in [0.2, 0.25) is 0 Å². The van der Waals surface area contributed by atoms with E-state index in [0.29, 0.717) is 18.5 Å². The third-order valence-electron chi connectivity index (χ3n) is 4.68. The van der Waals surface area contributed by atoms with Gasteiger partial charge in [0.25, 0.3) is 5.91 Å². The topological polar surface area (TPSA) is 82.8 Å². The van der Waals surface area contributed by atoms with Crippen molar-refractivity contribution in [3.63, 3.8) is 0 Å². The van der Waals surface area contributed by atoms with E-state index >= 15 is 0 Å². The fraction of sp³-hybridized carbons (Fsp3) is 0.333. The van der Waals surface area contributed by atoms with Crippen molar-refractivity contribution in [1.29, 1.82) is 0 Å². The minimum atomic E-state index is -1.04. The molecule has 24 heavy (non-hydrogen) atoms. The van der Waals surface area contributed by atoms with Crippen molar-refractivity contribution >= 4 is 11.9 Å². The molecule has 1 aromatic carbocycles. The number of aliphatic carboxylic acids is 1. The Hall–Kier alpha value is -2.60. The van der Waals surface area contributed by atoms with E-state index in [-0.39, 0.29) is 25.5 Å². The molecule has 1 aromatic heterocycles. The van der Waals surface area contributed by atoms with Crippen molar-refractivity contribution in [3.8, 4) is 5.69 Å². The quantitative estimate of drug-likeness (QED) is 0.876. The van der Waals surface area contributed by atoms with E-state index in [0.717, 1.165) is 5.69 Å². The molecule has 1 amide bonds. The fourth-order valence-corrected chi connectivity index (χ4v) is 3.23. The number of carbonyl (C=O) groups is 2. The predicted molar refractivity (Wildman–Crippen MR) is 88.1 cm³/mol. The first-order valence-electron chi connectivity index (χ1n) is 7.93. The van der Waals surface area contributed by atoms with Crippen molar-refractivity contribution in [2.45, 2.75) is 12.8 Å². The Morgan fingerprint density at radius 2 is 1.92 bits per heavy atom. The van der Waals surface area contributed by atoms with Crippen LogP contribution >= 0.6 is 0 Å². The Kier molecular flexibility index (Phi) is 4.40. The molecule has 1 saturated heterocycles. The number of amides is 1. The average Bonchev–Trinajstić information content (AvgIpc) is 3.25. The first-order valence-corrected chi connectivity index (χ1v) is 7.93. The SMILES string of the molecule is O=C(c1cccc(-n2cccc2)c1)N1CCC(CCO)(C(=O)O)C1. The zero-order chi connectivity index (χ0) is 17.2. The monoisotopic (exact) mass is 328 g/mol. The second-order valence-corrected chi connectivity index (χ2v) is 6.18. The average molecular weight is 328 g/mol. The maximum absolute atomic E-state index is 12.7. The second kappa shape index (κ2) is 6.49. The highest BCUT2D eigenvalue weighted by atomic mass is 16.4. The molecule has 0 aliphatic carbocycles. The fourth-order valence-electron chi connectivity index (χ4n) is 3.23. The van der Waals surface area contributed by atoms with Crippen LogP contribution in [-0.4, -0.2) is 51.3 Å². The van der Waals surface area contributed by atoms with Crippen LogP contribution < -0.4 is 0 Å². The maximum atomic E-state index is 12.7. The molecule has 0 saturated carbocycles. The minimum Gasteiger partial charge on any atom is -0.481 e. The van der Waals surface area contributed by atoms with E-state index in [2.05, 4.69) is 0 Å². The van der Waals surface area contributed by atoms with Crippen molar-refractivity contribution in [2.24, 2.45) is 5.41 Å². The van der Waals surface area contributed by atoms with Crippen LogP contribution in [0.3, 0.4) is 0 Å². The molecule has 2 N–H and O–H groups in total. The van der Waals surface area contributed by atoms with Gasteiger partial charge < -0.3 is 19.7 Å². The summed E-state index contributed by atoms with van der Waals surface area (Å²) in [5, 5.41) is 18.6. The minimum absolute atomic E-state index is 0.134. The molecule has 0 spiro atoms. The van der Waals surface area contributed by atoms with Gasteiger partial charge in [-0.3, -0.25) is 9.59 Å². The van der Waals surface area contributed by atoms with Gasteiger partial charge in [-0.2, -0.15) is 0 Å². The second-order valence-electron chi connectivity index (χ2n) is 6.18. The van der Waals surface area contributed by atoms with Gasteiger partial charge in [0.05, 0.1) is 5.41 Å². The van der Waals surface area contributed by atoms with Gasteiger partial charge in [0.15, 0.2) is 0 Å². The molecule has 0 bridgehead atoms. The van der Waals surface area contributed by atoms with Crippen LogP contribution in [0, 0.1) is 5.41 Å². The number of aromatic nitrogens is 1. The van der Waals surface area contributed by atoms with E-state index in [1.54, 1.807) is 17.0 Å². The van der Waals surface area contributed by atoms with Gasteiger partial charge in [-0.25, -0.2) is 0 Å². The Labute approximate surface area is 139 Å². The van der Waals surface area contributed by atoms with Crippen LogP contribution in [0.5, 0.6) is 0 Å². The van der Waals surface area contributed by atoms with Gasteiger partial charge in [0.2, 0.25) is 0 Å². The zero-order valence-corrected chi connectivity index (χ0v) is 13.3. The highest BCUT2D eigenvalue weighted by Crippen LogP contribution is 2.35. The number of likely N-dealkylation sites (tertiary alicyclic amines) is 1. The summed E-state index contributed by atoms with van der Waals surface area (Å²) >= 11 is 0. The molecule has 1 aliphatic rings. The molecule has 6 heteroatoms. The summed E-state index contributed by atoms with van der Waals surface area (Å²) < 4.78 is 1.91. The van der Waals surface area contributed by atoms with E-state index < -0.39 is 11.4 Å². The number of nitrogens with zero attached hydrogens (tertiary/aromatic N) is 2. The normalized spacial score (nSPS) is 20.3. The molecular formula is C18H20N2O4. The van der Waals surface area contributed by atoms with Crippen molar-refractivity contribution in [3.05, 3.63) is 54.4 Å². The Morgan fingerprint density at radius 3 is 2.58 bits per heavy atom. The smallest absolute Gasteiger partial charge is 0.311 e.